The molecule has 1 amide bonds. The second-order valence-corrected chi connectivity index (χ2v) is 3.78. The van der Waals surface area contributed by atoms with Crippen LogP contribution >= 0.6 is 0 Å². The van der Waals surface area contributed by atoms with E-state index in [0.29, 0.717) is 5.75 Å². The Bertz CT molecular complexity index is 482. The van der Waals surface area contributed by atoms with Gasteiger partial charge in [-0.1, -0.05) is 6.92 Å². The Morgan fingerprint density at radius 3 is 2.58 bits per heavy atom. The minimum atomic E-state index is -0.501. The molecule has 0 saturated carbocycles. The molecule has 1 rings (SSSR count). The zero-order chi connectivity index (χ0) is 14.3. The lowest BCUT2D eigenvalue weighted by atomic mass is 10.3. The second-order valence-electron chi connectivity index (χ2n) is 3.78. The molecule has 7 nitrogen and oxygen atoms in total. The fourth-order valence-electron chi connectivity index (χ4n) is 1.08. The highest BCUT2D eigenvalue weighted by Gasteiger charge is 2.06. The molecule has 0 unspecified atom stereocenters. The van der Waals surface area contributed by atoms with Crippen molar-refractivity contribution in [1.82, 2.24) is 5.43 Å². The lowest BCUT2D eigenvalue weighted by molar-refractivity contribution is -0.384. The first kappa shape index (κ1) is 14.6. The molecule has 19 heavy (non-hydrogen) atoms. The predicted octanol–water partition coefficient (Wildman–Crippen LogP) is 1.88. The van der Waals surface area contributed by atoms with Crippen molar-refractivity contribution in [2.75, 3.05) is 6.61 Å². The van der Waals surface area contributed by atoms with E-state index < -0.39 is 4.92 Å². The number of carbonyl (C=O) groups is 1. The average Bonchev–Trinajstić information content (AvgIpc) is 2.42. The van der Waals surface area contributed by atoms with E-state index in [1.165, 1.54) is 24.3 Å². The van der Waals surface area contributed by atoms with E-state index in [4.69, 9.17) is 4.74 Å². The van der Waals surface area contributed by atoms with Crippen LogP contribution in [0.5, 0.6) is 5.75 Å². The molecule has 0 bridgehead atoms. The normalized spacial score (nSPS) is 10.9. The summed E-state index contributed by atoms with van der Waals surface area (Å²) in [6, 6.07) is 5.50. The summed E-state index contributed by atoms with van der Waals surface area (Å²) in [6.07, 6.45) is 0.753. The smallest absolute Gasteiger partial charge is 0.277 e. The van der Waals surface area contributed by atoms with E-state index in [2.05, 4.69) is 10.5 Å². The molecule has 0 saturated heterocycles. The summed E-state index contributed by atoms with van der Waals surface area (Å²) in [5, 5.41) is 14.3. The zero-order valence-electron chi connectivity index (χ0n) is 10.8. The maximum atomic E-state index is 11.4. The van der Waals surface area contributed by atoms with Gasteiger partial charge < -0.3 is 4.74 Å². The number of nitrogens with one attached hydrogen (secondary N) is 1. The summed E-state index contributed by atoms with van der Waals surface area (Å²) in [7, 11) is 0. The van der Waals surface area contributed by atoms with Crippen molar-refractivity contribution in [3.05, 3.63) is 34.4 Å². The predicted molar refractivity (Wildman–Crippen MR) is 70.1 cm³/mol. The topological polar surface area (TPSA) is 93.8 Å². The van der Waals surface area contributed by atoms with Gasteiger partial charge in [-0.3, -0.25) is 14.9 Å². The second kappa shape index (κ2) is 7.10. The number of rotatable bonds is 6. The fourth-order valence-corrected chi connectivity index (χ4v) is 1.08. The van der Waals surface area contributed by atoms with E-state index in [9.17, 15) is 14.9 Å². The van der Waals surface area contributed by atoms with Crippen molar-refractivity contribution in [3.8, 4) is 5.75 Å². The third kappa shape index (κ3) is 5.15. The van der Waals surface area contributed by atoms with Crippen molar-refractivity contribution in [2.45, 2.75) is 20.3 Å². The molecule has 1 N–H and O–H groups in total. The third-order valence-electron chi connectivity index (χ3n) is 2.30. The van der Waals surface area contributed by atoms with E-state index >= 15 is 0 Å². The van der Waals surface area contributed by atoms with Crippen LogP contribution in [0.25, 0.3) is 0 Å². The third-order valence-corrected chi connectivity index (χ3v) is 2.30. The first-order chi connectivity index (χ1) is 9.02. The Hall–Kier alpha value is -2.44. The molecular weight excluding hydrogens is 250 g/mol. The highest BCUT2D eigenvalue weighted by molar-refractivity contribution is 5.84. The summed E-state index contributed by atoms with van der Waals surface area (Å²) < 4.78 is 5.16. The number of benzene rings is 1. The Morgan fingerprint density at radius 2 is 2.05 bits per heavy atom. The molecule has 7 heteroatoms. The standard InChI is InChI=1S/C12H15N3O4/c1-3-9(2)13-14-12(16)8-19-11-6-4-10(5-7-11)15(17)18/h4-7H,3,8H2,1-2H3,(H,14,16). The molecule has 0 heterocycles. The van der Waals surface area contributed by atoms with Gasteiger partial charge in [-0.25, -0.2) is 5.43 Å². The molecular formula is C12H15N3O4. The maximum absolute atomic E-state index is 11.4. The SMILES string of the molecule is CCC(C)=NNC(=O)COc1ccc([N+](=O)[O-])cc1. The van der Waals surface area contributed by atoms with Gasteiger partial charge in [0.25, 0.3) is 11.6 Å². The fraction of sp³-hybridized carbons (Fsp3) is 0.333. The Balaban J connectivity index is 2.44. The van der Waals surface area contributed by atoms with Crippen LogP contribution in [0.1, 0.15) is 20.3 Å². The van der Waals surface area contributed by atoms with Gasteiger partial charge in [-0.2, -0.15) is 5.10 Å². The molecule has 0 aliphatic rings. The van der Waals surface area contributed by atoms with Crippen LogP contribution in [-0.2, 0) is 4.79 Å². The van der Waals surface area contributed by atoms with E-state index in [-0.39, 0.29) is 18.2 Å². The number of nitro benzene ring substituents is 1. The van der Waals surface area contributed by atoms with Gasteiger partial charge in [0.2, 0.25) is 0 Å². The lowest BCUT2D eigenvalue weighted by Gasteiger charge is -2.05. The number of hydrogen-bond acceptors (Lipinski definition) is 5. The van der Waals surface area contributed by atoms with Crippen molar-refractivity contribution < 1.29 is 14.5 Å². The highest BCUT2D eigenvalue weighted by Crippen LogP contribution is 2.16. The molecule has 0 aliphatic carbocycles. The number of nitrogens with zero attached hydrogens (tertiary/aromatic N) is 2. The monoisotopic (exact) mass is 265 g/mol. The molecule has 0 aliphatic heterocycles. The van der Waals surface area contributed by atoms with Gasteiger partial charge in [0.15, 0.2) is 6.61 Å². The Labute approximate surface area is 110 Å². The van der Waals surface area contributed by atoms with Crippen molar-refractivity contribution in [3.63, 3.8) is 0 Å². The van der Waals surface area contributed by atoms with Crippen LogP contribution in [0.3, 0.4) is 0 Å². The Morgan fingerprint density at radius 1 is 1.42 bits per heavy atom. The largest absolute Gasteiger partial charge is 0.484 e. The summed E-state index contributed by atoms with van der Waals surface area (Å²) in [4.78, 5) is 21.3. The molecule has 0 spiro atoms. The first-order valence-corrected chi connectivity index (χ1v) is 5.72. The van der Waals surface area contributed by atoms with Gasteiger partial charge >= 0.3 is 0 Å². The number of hydrogen-bond donors (Lipinski definition) is 1. The van der Waals surface area contributed by atoms with Crippen LogP contribution < -0.4 is 10.2 Å². The average molecular weight is 265 g/mol. The van der Waals surface area contributed by atoms with Crippen molar-refractivity contribution >= 4 is 17.3 Å². The number of non-ortho nitro benzene ring substituents is 1. The number of amides is 1. The number of hydrazone groups is 1. The van der Waals surface area contributed by atoms with Gasteiger partial charge in [-0.15, -0.1) is 0 Å². The van der Waals surface area contributed by atoms with E-state index in [1.807, 2.05) is 6.92 Å². The zero-order valence-corrected chi connectivity index (χ0v) is 10.8. The molecule has 0 fully saturated rings. The van der Waals surface area contributed by atoms with Crippen LogP contribution in [0.2, 0.25) is 0 Å². The van der Waals surface area contributed by atoms with E-state index in [0.717, 1.165) is 12.1 Å². The quantitative estimate of drug-likeness (QED) is 0.482. The van der Waals surface area contributed by atoms with E-state index in [1.54, 1.807) is 6.92 Å². The lowest BCUT2D eigenvalue weighted by Crippen LogP contribution is -2.25. The molecule has 102 valence electrons. The number of ether oxygens (including phenoxy) is 1. The van der Waals surface area contributed by atoms with Crippen LogP contribution in [-0.4, -0.2) is 23.1 Å². The van der Waals surface area contributed by atoms with Gasteiger partial charge in [0, 0.05) is 17.8 Å². The summed E-state index contributed by atoms with van der Waals surface area (Å²) >= 11 is 0. The highest BCUT2D eigenvalue weighted by atomic mass is 16.6. The van der Waals surface area contributed by atoms with Crippen LogP contribution in [0, 0.1) is 10.1 Å². The van der Waals surface area contributed by atoms with Crippen molar-refractivity contribution in [1.29, 1.82) is 0 Å². The molecule has 0 radical (unpaired) electrons. The summed E-state index contributed by atoms with van der Waals surface area (Å²) in [5.41, 5.74) is 3.13. The van der Waals surface area contributed by atoms with Gasteiger partial charge in [0.05, 0.1) is 4.92 Å². The molecule has 1 aromatic rings. The Kier molecular flexibility index (Phi) is 5.46. The summed E-state index contributed by atoms with van der Waals surface area (Å²) in [6.45, 7) is 3.54. The van der Waals surface area contributed by atoms with Gasteiger partial charge in [-0.05, 0) is 25.5 Å². The minimum absolute atomic E-state index is 0.0278. The number of nitro groups is 1. The van der Waals surface area contributed by atoms with Crippen molar-refractivity contribution in [2.24, 2.45) is 5.10 Å². The molecule has 1 aromatic carbocycles. The van der Waals surface area contributed by atoms with Crippen LogP contribution in [0.15, 0.2) is 29.4 Å². The number of carbonyl (C=O) groups excluding carboxylic acids is 1. The first-order valence-electron chi connectivity index (χ1n) is 5.72. The molecule has 0 atom stereocenters. The van der Waals surface area contributed by atoms with Gasteiger partial charge in [0.1, 0.15) is 5.75 Å². The maximum Gasteiger partial charge on any atom is 0.277 e. The summed E-state index contributed by atoms with van der Waals surface area (Å²) in [5.74, 6) is 0.00287. The molecule has 0 aromatic heterocycles. The van der Waals surface area contributed by atoms with Crippen LogP contribution in [0.4, 0.5) is 5.69 Å². The minimum Gasteiger partial charge on any atom is -0.484 e.